The highest BCUT2D eigenvalue weighted by Gasteiger charge is 2.54. The van der Waals surface area contributed by atoms with Gasteiger partial charge in [-0.3, -0.25) is 4.79 Å². The number of ether oxygens (including phenoxy) is 10. The number of rotatable bonds is 24. The van der Waals surface area contributed by atoms with E-state index in [4.69, 9.17) is 47.4 Å². The second-order valence-electron chi connectivity index (χ2n) is 17.5. The number of carbonyl (C=O) groups excluding carboxylic acids is 1. The van der Waals surface area contributed by atoms with Crippen LogP contribution in [0.3, 0.4) is 0 Å². The molecule has 0 aromatic heterocycles. The zero-order valence-electron chi connectivity index (χ0n) is 39.4. The van der Waals surface area contributed by atoms with Crippen molar-refractivity contribution in [2.75, 3.05) is 20.3 Å². The van der Waals surface area contributed by atoms with E-state index < -0.39 is 61.1 Å². The van der Waals surface area contributed by atoms with Gasteiger partial charge in [0, 0.05) is 20.0 Å². The molecule has 6 aromatic rings. The largest absolute Gasteiger partial charge is 0.459 e. The lowest BCUT2D eigenvalue weighted by atomic mass is 9.80. The summed E-state index contributed by atoms with van der Waals surface area (Å²) in [7, 11) is 1.61. The number of hydrogen-bond acceptors (Lipinski definition) is 11. The van der Waals surface area contributed by atoms with E-state index in [0.29, 0.717) is 19.6 Å². The van der Waals surface area contributed by atoms with Crippen LogP contribution in [0.4, 0.5) is 0 Å². The molecule has 10 atom stereocenters. The summed E-state index contributed by atoms with van der Waals surface area (Å²) in [6.07, 6.45) is -6.42. The molecular formula is C58H64O11. The average Bonchev–Trinajstić information content (AvgIpc) is 3.39. The Labute approximate surface area is 406 Å². The molecule has 69 heavy (non-hydrogen) atoms. The molecule has 0 unspecified atom stereocenters. The first-order chi connectivity index (χ1) is 34.0. The van der Waals surface area contributed by atoms with E-state index in [2.05, 4.69) is 0 Å². The van der Waals surface area contributed by atoms with E-state index in [9.17, 15) is 4.79 Å². The first-order valence-corrected chi connectivity index (χ1v) is 23.9. The molecule has 2 aliphatic rings. The van der Waals surface area contributed by atoms with Gasteiger partial charge in [0.2, 0.25) is 0 Å². The first-order valence-electron chi connectivity index (χ1n) is 23.9. The molecule has 0 radical (unpaired) electrons. The van der Waals surface area contributed by atoms with Gasteiger partial charge in [0.1, 0.15) is 42.7 Å². The molecule has 2 fully saturated rings. The van der Waals surface area contributed by atoms with Gasteiger partial charge in [-0.25, -0.2) is 0 Å². The van der Waals surface area contributed by atoms with E-state index in [-0.39, 0.29) is 45.6 Å². The topological polar surface area (TPSA) is 109 Å². The molecule has 1 aliphatic heterocycles. The Bertz CT molecular complexity index is 2340. The highest BCUT2D eigenvalue weighted by atomic mass is 16.7. The van der Waals surface area contributed by atoms with Gasteiger partial charge < -0.3 is 47.4 Å². The third kappa shape index (κ3) is 14.7. The SMILES string of the molecule is CO[C@@H]1O[C@H](COCc2ccccc2)[C@@H](O[C@@H]2C[C@H](COCc3ccccc3)[C@@H](OC(C)=O)[C@H](OCc3ccccc3)[C@H]2OCc2ccccc2)[C@H](OCc2ccccc2)[C@H]1OCc1ccccc1. The lowest BCUT2D eigenvalue weighted by Gasteiger charge is -2.50. The molecule has 1 aliphatic carbocycles. The van der Waals surface area contributed by atoms with Crippen molar-refractivity contribution < 1.29 is 52.2 Å². The predicted molar refractivity (Wildman–Crippen MR) is 260 cm³/mol. The monoisotopic (exact) mass is 936 g/mol. The number of hydrogen-bond donors (Lipinski definition) is 0. The van der Waals surface area contributed by atoms with Crippen molar-refractivity contribution in [1.82, 2.24) is 0 Å². The molecule has 6 aromatic carbocycles. The highest BCUT2D eigenvalue weighted by Crippen LogP contribution is 2.39. The summed E-state index contributed by atoms with van der Waals surface area (Å²) in [5, 5.41) is 0. The maximum atomic E-state index is 13.1. The Morgan fingerprint density at radius 1 is 0.449 bits per heavy atom. The van der Waals surface area contributed by atoms with Crippen LogP contribution in [0.5, 0.6) is 0 Å². The summed E-state index contributed by atoms with van der Waals surface area (Å²) < 4.78 is 67.6. The Morgan fingerprint density at radius 2 is 0.812 bits per heavy atom. The fourth-order valence-corrected chi connectivity index (χ4v) is 9.05. The fourth-order valence-electron chi connectivity index (χ4n) is 9.05. The number of benzene rings is 6. The van der Waals surface area contributed by atoms with E-state index in [0.717, 1.165) is 33.4 Å². The molecule has 0 bridgehead atoms. The standard InChI is InChI=1S/C58H64O11/c1-42(59)67-52-49(40-61-34-43-21-9-3-10-22-43)33-50(53(63-36-45-25-13-5-14-26-45)55(52)64-37-46-27-15-6-16-28-46)68-54-51(41-62-35-44-23-11-4-12-24-44)69-58(60-2)57(66-39-48-31-19-8-20-32-48)56(54)65-38-47-29-17-7-18-30-47/h3-32,49-58H,33-41H2,1-2H3/t49-,50-,51-,52-,53+,54-,55+,56+,57-,58-/m1/s1. The highest BCUT2D eigenvalue weighted by molar-refractivity contribution is 5.66. The van der Waals surface area contributed by atoms with Crippen molar-refractivity contribution >= 4 is 5.97 Å². The summed E-state index contributed by atoms with van der Waals surface area (Å²) in [6, 6.07) is 59.9. The van der Waals surface area contributed by atoms with E-state index in [1.165, 1.54) is 6.92 Å². The Balaban J connectivity index is 1.18. The van der Waals surface area contributed by atoms with Crippen molar-refractivity contribution in [2.45, 2.75) is 108 Å². The summed E-state index contributed by atoms with van der Waals surface area (Å²) >= 11 is 0. The second kappa shape index (κ2) is 26.4. The molecule has 1 heterocycles. The van der Waals surface area contributed by atoms with E-state index in [1.807, 2.05) is 182 Å². The van der Waals surface area contributed by atoms with Gasteiger partial charge in [0.15, 0.2) is 6.29 Å². The van der Waals surface area contributed by atoms with Crippen LogP contribution in [0.25, 0.3) is 0 Å². The predicted octanol–water partition coefficient (Wildman–Crippen LogP) is 9.84. The maximum absolute atomic E-state index is 13.1. The number of methoxy groups -OCH3 is 1. The number of esters is 1. The van der Waals surface area contributed by atoms with Gasteiger partial charge in [-0.15, -0.1) is 0 Å². The van der Waals surface area contributed by atoms with Crippen molar-refractivity contribution in [3.05, 3.63) is 215 Å². The minimum atomic E-state index is -0.842. The van der Waals surface area contributed by atoms with Crippen molar-refractivity contribution in [3.63, 3.8) is 0 Å². The lowest BCUT2D eigenvalue weighted by molar-refractivity contribution is -0.336. The van der Waals surface area contributed by atoms with Crippen molar-refractivity contribution in [2.24, 2.45) is 5.92 Å². The smallest absolute Gasteiger partial charge is 0.303 e. The molecule has 0 amide bonds. The first kappa shape index (κ1) is 49.8. The molecule has 11 nitrogen and oxygen atoms in total. The Hall–Kier alpha value is -5.57. The average molecular weight is 937 g/mol. The Kier molecular flexibility index (Phi) is 19.1. The number of carbonyl (C=O) groups is 1. The normalized spacial score (nSPS) is 24.7. The van der Waals surface area contributed by atoms with Gasteiger partial charge in [-0.1, -0.05) is 182 Å². The lowest BCUT2D eigenvalue weighted by Crippen LogP contribution is -2.65. The van der Waals surface area contributed by atoms with Crippen molar-refractivity contribution in [1.29, 1.82) is 0 Å². The second-order valence-corrected chi connectivity index (χ2v) is 17.5. The molecular weight excluding hydrogens is 873 g/mol. The van der Waals surface area contributed by atoms with Gasteiger partial charge in [0.05, 0.1) is 59.0 Å². The Morgan fingerprint density at radius 3 is 1.22 bits per heavy atom. The van der Waals surface area contributed by atoms with Crippen LogP contribution >= 0.6 is 0 Å². The van der Waals surface area contributed by atoms with E-state index in [1.54, 1.807) is 7.11 Å². The molecule has 8 rings (SSSR count). The molecule has 362 valence electrons. The summed E-state index contributed by atoms with van der Waals surface area (Å²) in [5.41, 5.74) is 5.92. The van der Waals surface area contributed by atoms with Crippen LogP contribution in [0.15, 0.2) is 182 Å². The maximum Gasteiger partial charge on any atom is 0.303 e. The third-order valence-corrected chi connectivity index (χ3v) is 12.4. The molecule has 0 N–H and O–H groups in total. The van der Waals surface area contributed by atoms with Gasteiger partial charge in [0.25, 0.3) is 0 Å². The quantitative estimate of drug-likeness (QED) is 0.0542. The van der Waals surface area contributed by atoms with Crippen LogP contribution in [0, 0.1) is 5.92 Å². The third-order valence-electron chi connectivity index (χ3n) is 12.4. The molecule has 1 saturated heterocycles. The molecule has 0 spiro atoms. The van der Waals surface area contributed by atoms with E-state index >= 15 is 0 Å². The molecule has 1 saturated carbocycles. The minimum absolute atomic E-state index is 0.145. The van der Waals surface area contributed by atoms with Gasteiger partial charge in [-0.05, 0) is 39.8 Å². The summed E-state index contributed by atoms with van der Waals surface area (Å²) in [6.45, 7) is 3.54. The zero-order chi connectivity index (χ0) is 47.5. The van der Waals surface area contributed by atoms with Crippen LogP contribution in [-0.4, -0.2) is 81.4 Å². The van der Waals surface area contributed by atoms with Crippen LogP contribution in [0.2, 0.25) is 0 Å². The van der Waals surface area contributed by atoms with Crippen LogP contribution in [-0.2, 0) is 91.8 Å². The summed E-state index contributed by atoms with van der Waals surface area (Å²) in [5.74, 6) is -0.810. The van der Waals surface area contributed by atoms with Crippen LogP contribution in [0.1, 0.15) is 46.7 Å². The van der Waals surface area contributed by atoms with Gasteiger partial charge >= 0.3 is 5.97 Å². The van der Waals surface area contributed by atoms with Crippen LogP contribution < -0.4 is 0 Å². The zero-order valence-corrected chi connectivity index (χ0v) is 39.4. The van der Waals surface area contributed by atoms with Gasteiger partial charge in [-0.2, -0.15) is 0 Å². The minimum Gasteiger partial charge on any atom is -0.459 e. The van der Waals surface area contributed by atoms with Crippen molar-refractivity contribution in [3.8, 4) is 0 Å². The molecule has 11 heteroatoms. The fraction of sp³-hybridized carbons (Fsp3) is 0.362. The summed E-state index contributed by atoms with van der Waals surface area (Å²) in [4.78, 5) is 13.1.